The van der Waals surface area contributed by atoms with Crippen LogP contribution in [0, 0.1) is 0 Å². The molecule has 4 heteroatoms. The van der Waals surface area contributed by atoms with Gasteiger partial charge in [0.1, 0.15) is 6.04 Å². The predicted molar refractivity (Wildman–Crippen MR) is 76.9 cm³/mol. The molecule has 0 fully saturated rings. The van der Waals surface area contributed by atoms with Gasteiger partial charge in [0.15, 0.2) is 0 Å². The lowest BCUT2D eigenvalue weighted by Gasteiger charge is -2.23. The summed E-state index contributed by atoms with van der Waals surface area (Å²) in [7, 11) is 0. The van der Waals surface area contributed by atoms with Crippen molar-refractivity contribution in [2.24, 2.45) is 0 Å². The van der Waals surface area contributed by atoms with Crippen LogP contribution in [0.3, 0.4) is 0 Å². The third kappa shape index (κ3) is 1.68. The predicted octanol–water partition coefficient (Wildman–Crippen LogP) is 2.75. The largest absolute Gasteiger partial charge is 0.464 e. The summed E-state index contributed by atoms with van der Waals surface area (Å²) in [6, 6.07) is 10.7. The molecule has 0 N–H and O–H groups in total. The van der Waals surface area contributed by atoms with Gasteiger partial charge in [-0.2, -0.15) is 0 Å². The second kappa shape index (κ2) is 4.63. The monoisotopic (exact) mass is 269 g/mol. The fourth-order valence-corrected chi connectivity index (χ4v) is 2.69. The van der Waals surface area contributed by atoms with Gasteiger partial charge in [-0.05, 0) is 31.4 Å². The molecule has 2 aromatic rings. The molecule has 0 saturated carbocycles. The van der Waals surface area contributed by atoms with E-state index in [1.165, 1.54) is 4.90 Å². The number of hydrogen-bond donors (Lipinski definition) is 0. The number of benzene rings is 2. The van der Waals surface area contributed by atoms with Crippen LogP contribution in [0.5, 0.6) is 0 Å². The number of amides is 1. The molecule has 0 spiro atoms. The third-order valence-corrected chi connectivity index (χ3v) is 3.61. The fraction of sp³-hybridized carbons (Fsp3) is 0.250. The molecule has 4 nitrogen and oxygen atoms in total. The standard InChI is InChI=1S/C16H15NO3/c1-3-20-16(19)10(2)17-13-9-5-7-11-6-4-8-12(14(11)13)15(17)18/h4-10H,3H2,1-2H3/t10-/m0/s1. The van der Waals surface area contributed by atoms with Gasteiger partial charge in [0.25, 0.3) is 5.91 Å². The molecule has 0 aromatic heterocycles. The second-order valence-electron chi connectivity index (χ2n) is 4.78. The molecule has 1 heterocycles. The number of anilines is 1. The first-order chi connectivity index (χ1) is 9.65. The van der Waals surface area contributed by atoms with Crippen molar-refractivity contribution >= 4 is 28.3 Å². The second-order valence-corrected chi connectivity index (χ2v) is 4.78. The van der Waals surface area contributed by atoms with Gasteiger partial charge in [-0.15, -0.1) is 0 Å². The summed E-state index contributed by atoms with van der Waals surface area (Å²) in [5.41, 5.74) is 1.43. The Morgan fingerprint density at radius 3 is 2.65 bits per heavy atom. The first-order valence-corrected chi connectivity index (χ1v) is 6.67. The number of carbonyl (C=O) groups is 2. The molecule has 1 atom stereocenters. The highest BCUT2D eigenvalue weighted by atomic mass is 16.5. The zero-order chi connectivity index (χ0) is 14.3. The Balaban J connectivity index is 2.11. The maximum Gasteiger partial charge on any atom is 0.328 e. The van der Waals surface area contributed by atoms with E-state index >= 15 is 0 Å². The van der Waals surface area contributed by atoms with Crippen LogP contribution in [-0.4, -0.2) is 24.5 Å². The van der Waals surface area contributed by atoms with Crippen LogP contribution >= 0.6 is 0 Å². The van der Waals surface area contributed by atoms with E-state index in [9.17, 15) is 9.59 Å². The molecule has 102 valence electrons. The Bertz CT molecular complexity index is 703. The third-order valence-electron chi connectivity index (χ3n) is 3.61. The molecule has 0 aliphatic carbocycles. The van der Waals surface area contributed by atoms with Crippen LogP contribution in [0.4, 0.5) is 5.69 Å². The van der Waals surface area contributed by atoms with Crippen molar-refractivity contribution in [1.82, 2.24) is 0 Å². The van der Waals surface area contributed by atoms with Crippen LogP contribution in [0.15, 0.2) is 36.4 Å². The average molecular weight is 269 g/mol. The molecular weight excluding hydrogens is 254 g/mol. The summed E-state index contributed by atoms with van der Waals surface area (Å²) >= 11 is 0. The van der Waals surface area contributed by atoms with Crippen molar-refractivity contribution in [1.29, 1.82) is 0 Å². The lowest BCUT2D eigenvalue weighted by molar-refractivity contribution is -0.144. The van der Waals surface area contributed by atoms with Crippen molar-refractivity contribution < 1.29 is 14.3 Å². The van der Waals surface area contributed by atoms with Crippen molar-refractivity contribution in [2.45, 2.75) is 19.9 Å². The number of hydrogen-bond acceptors (Lipinski definition) is 3. The van der Waals surface area contributed by atoms with Gasteiger partial charge in [0.05, 0.1) is 12.3 Å². The van der Waals surface area contributed by atoms with Gasteiger partial charge in [-0.3, -0.25) is 9.69 Å². The van der Waals surface area contributed by atoms with Gasteiger partial charge in [-0.1, -0.05) is 24.3 Å². The quantitative estimate of drug-likeness (QED) is 0.805. The van der Waals surface area contributed by atoms with E-state index in [2.05, 4.69) is 0 Å². The molecule has 1 amide bonds. The molecule has 0 radical (unpaired) electrons. The van der Waals surface area contributed by atoms with E-state index < -0.39 is 6.04 Å². The number of ether oxygens (including phenoxy) is 1. The minimum atomic E-state index is -0.625. The molecule has 0 bridgehead atoms. The first-order valence-electron chi connectivity index (χ1n) is 6.67. The fourth-order valence-electron chi connectivity index (χ4n) is 2.69. The van der Waals surface area contributed by atoms with E-state index in [0.29, 0.717) is 12.2 Å². The lowest BCUT2D eigenvalue weighted by atomic mass is 10.1. The topological polar surface area (TPSA) is 46.6 Å². The SMILES string of the molecule is CCOC(=O)[C@H](C)N1C(=O)c2cccc3cccc1c23. The average Bonchev–Trinajstić information content (AvgIpc) is 2.74. The van der Waals surface area contributed by atoms with Crippen molar-refractivity contribution in [3.8, 4) is 0 Å². The molecule has 3 rings (SSSR count). The highest BCUT2D eigenvalue weighted by Crippen LogP contribution is 2.38. The zero-order valence-corrected chi connectivity index (χ0v) is 11.4. The molecule has 2 aromatic carbocycles. The molecule has 20 heavy (non-hydrogen) atoms. The van der Waals surface area contributed by atoms with Crippen LogP contribution in [0.1, 0.15) is 24.2 Å². The van der Waals surface area contributed by atoms with E-state index in [0.717, 1.165) is 16.5 Å². The Morgan fingerprint density at radius 2 is 1.95 bits per heavy atom. The first kappa shape index (κ1) is 12.7. The molecule has 1 aliphatic rings. The summed E-state index contributed by atoms with van der Waals surface area (Å²) in [4.78, 5) is 26.0. The van der Waals surface area contributed by atoms with Crippen LogP contribution in [0.25, 0.3) is 10.8 Å². The maximum absolute atomic E-state index is 12.5. The smallest absolute Gasteiger partial charge is 0.328 e. The Morgan fingerprint density at radius 1 is 1.25 bits per heavy atom. The highest BCUT2D eigenvalue weighted by molar-refractivity contribution is 6.26. The van der Waals surface area contributed by atoms with E-state index in [4.69, 9.17) is 4.74 Å². The van der Waals surface area contributed by atoms with Crippen LogP contribution < -0.4 is 4.90 Å². The van der Waals surface area contributed by atoms with Crippen LogP contribution in [-0.2, 0) is 9.53 Å². The van der Waals surface area contributed by atoms with Gasteiger partial charge in [0.2, 0.25) is 0 Å². The van der Waals surface area contributed by atoms with Crippen molar-refractivity contribution in [3.63, 3.8) is 0 Å². The minimum absolute atomic E-state index is 0.141. The molecule has 0 unspecified atom stereocenters. The van der Waals surface area contributed by atoms with Gasteiger partial charge in [-0.25, -0.2) is 4.79 Å². The number of nitrogens with zero attached hydrogens (tertiary/aromatic N) is 1. The number of esters is 1. The minimum Gasteiger partial charge on any atom is -0.464 e. The van der Waals surface area contributed by atoms with Gasteiger partial charge in [0, 0.05) is 10.9 Å². The molecule has 0 saturated heterocycles. The zero-order valence-electron chi connectivity index (χ0n) is 11.4. The van der Waals surface area contributed by atoms with Crippen LogP contribution in [0.2, 0.25) is 0 Å². The van der Waals surface area contributed by atoms with Crippen molar-refractivity contribution in [2.75, 3.05) is 11.5 Å². The summed E-state index contributed by atoms with van der Waals surface area (Å²) < 4.78 is 5.03. The maximum atomic E-state index is 12.5. The number of carbonyl (C=O) groups excluding carboxylic acids is 2. The molecule has 1 aliphatic heterocycles. The Hall–Kier alpha value is -2.36. The Labute approximate surface area is 116 Å². The lowest BCUT2D eigenvalue weighted by Crippen LogP contribution is -2.42. The summed E-state index contributed by atoms with van der Waals surface area (Å²) in [5, 5.41) is 1.92. The van der Waals surface area contributed by atoms with Gasteiger partial charge < -0.3 is 4.74 Å². The summed E-state index contributed by atoms with van der Waals surface area (Å²) in [5.74, 6) is -0.525. The van der Waals surface area contributed by atoms with Crippen molar-refractivity contribution in [3.05, 3.63) is 42.0 Å². The summed E-state index contributed by atoms with van der Waals surface area (Å²) in [6.07, 6.45) is 0. The normalized spacial score (nSPS) is 14.7. The van der Waals surface area contributed by atoms with E-state index in [1.54, 1.807) is 19.9 Å². The Kier molecular flexibility index (Phi) is 2.93. The summed E-state index contributed by atoms with van der Waals surface area (Å²) in [6.45, 7) is 3.76. The number of rotatable bonds is 3. The highest BCUT2D eigenvalue weighted by Gasteiger charge is 2.36. The molecular formula is C16H15NO3. The van der Waals surface area contributed by atoms with E-state index in [1.807, 2.05) is 30.3 Å². The van der Waals surface area contributed by atoms with E-state index in [-0.39, 0.29) is 11.9 Å². The van der Waals surface area contributed by atoms with Gasteiger partial charge >= 0.3 is 5.97 Å².